The van der Waals surface area contributed by atoms with Gasteiger partial charge in [0.15, 0.2) is 0 Å². The van der Waals surface area contributed by atoms with Gasteiger partial charge in [-0.05, 0) is 29.8 Å². The number of hydrogen-bond donors (Lipinski definition) is 1. The fraction of sp³-hybridized carbons (Fsp3) is 0.235. The highest BCUT2D eigenvalue weighted by Gasteiger charge is 2.67. The number of benzene rings is 2. The van der Waals surface area contributed by atoms with Crippen molar-refractivity contribution in [3.8, 4) is 0 Å². The number of nitro benzene ring substituents is 1. The molecule has 0 radical (unpaired) electrons. The summed E-state index contributed by atoms with van der Waals surface area (Å²) in [6, 6.07) is 5.76. The van der Waals surface area contributed by atoms with Gasteiger partial charge >= 0.3 is 6.18 Å². The topological polar surface area (TPSA) is 72.2 Å². The fourth-order valence-electron chi connectivity index (χ4n) is 2.97. The average Bonchev–Trinajstić information content (AvgIpc) is 3.18. The van der Waals surface area contributed by atoms with Crippen molar-refractivity contribution in [3.05, 3.63) is 68.5 Å². The second-order valence-corrected chi connectivity index (χ2v) is 8.13. The molecule has 2 aromatic rings. The minimum absolute atomic E-state index is 0.0240. The first kappa shape index (κ1) is 21.6. The average molecular weight is 472 g/mol. The zero-order chi connectivity index (χ0) is 21.7. The van der Waals surface area contributed by atoms with Gasteiger partial charge < -0.3 is 5.32 Å². The quantitative estimate of drug-likeness (QED) is 0.260. The zero-order valence-corrected chi connectivity index (χ0v) is 16.2. The van der Waals surface area contributed by atoms with Gasteiger partial charge in [-0.25, -0.2) is 4.39 Å². The van der Waals surface area contributed by atoms with E-state index in [2.05, 4.69) is 5.32 Å². The van der Waals surface area contributed by atoms with Crippen molar-refractivity contribution >= 4 is 52.1 Å². The Morgan fingerprint density at radius 1 is 1.17 bits per heavy atom. The molecule has 0 heterocycles. The van der Waals surface area contributed by atoms with Crippen molar-refractivity contribution in [1.82, 2.24) is 0 Å². The van der Waals surface area contributed by atoms with E-state index in [0.29, 0.717) is 12.1 Å². The summed E-state index contributed by atoms with van der Waals surface area (Å²) in [5, 5.41) is 13.2. The second-order valence-electron chi connectivity index (χ2n) is 6.28. The molecule has 0 saturated heterocycles. The molecule has 29 heavy (non-hydrogen) atoms. The molecule has 2 aromatic carbocycles. The molecule has 1 amide bonds. The first-order chi connectivity index (χ1) is 13.3. The van der Waals surface area contributed by atoms with Crippen LogP contribution in [-0.2, 0) is 11.0 Å². The van der Waals surface area contributed by atoms with E-state index in [1.54, 1.807) is 0 Å². The van der Waals surface area contributed by atoms with Crippen molar-refractivity contribution in [2.75, 3.05) is 5.32 Å². The van der Waals surface area contributed by atoms with Crippen molar-refractivity contribution < 1.29 is 27.3 Å². The molecule has 1 fully saturated rings. The normalized spacial score (nSPS) is 20.2. The molecule has 2 atom stereocenters. The third-order valence-electron chi connectivity index (χ3n) is 4.40. The highest BCUT2D eigenvalue weighted by molar-refractivity contribution is 6.53. The lowest BCUT2D eigenvalue weighted by Crippen LogP contribution is -2.17. The van der Waals surface area contributed by atoms with Crippen LogP contribution in [0.3, 0.4) is 0 Å². The van der Waals surface area contributed by atoms with E-state index >= 15 is 0 Å². The molecule has 0 aliphatic heterocycles. The molecule has 3 rings (SSSR count). The molecule has 1 N–H and O–H groups in total. The molecule has 154 valence electrons. The molecular weight excluding hydrogens is 463 g/mol. The molecule has 0 aromatic heterocycles. The molecule has 5 nitrogen and oxygen atoms in total. The van der Waals surface area contributed by atoms with Gasteiger partial charge in [-0.15, -0.1) is 23.2 Å². The Morgan fingerprint density at radius 2 is 1.83 bits per heavy atom. The summed E-state index contributed by atoms with van der Waals surface area (Å²) in [6.45, 7) is 0. The summed E-state index contributed by atoms with van der Waals surface area (Å²) in [5.41, 5.74) is -1.99. The number of carbonyl (C=O) groups is 1. The maximum Gasteiger partial charge on any atom is 0.419 e. The zero-order valence-electron chi connectivity index (χ0n) is 13.9. The third-order valence-corrected chi connectivity index (χ3v) is 5.66. The second kappa shape index (κ2) is 7.30. The molecule has 12 heteroatoms. The molecule has 2 unspecified atom stereocenters. The van der Waals surface area contributed by atoms with E-state index in [1.165, 1.54) is 12.1 Å². The predicted molar refractivity (Wildman–Crippen MR) is 98.8 cm³/mol. The van der Waals surface area contributed by atoms with Gasteiger partial charge in [-0.1, -0.05) is 17.7 Å². The number of carbonyl (C=O) groups excluding carboxylic acids is 1. The van der Waals surface area contributed by atoms with Crippen LogP contribution in [0.4, 0.5) is 28.9 Å². The molecule has 0 spiro atoms. The molecule has 1 saturated carbocycles. The van der Waals surface area contributed by atoms with E-state index in [1.807, 2.05) is 0 Å². The van der Waals surface area contributed by atoms with E-state index in [-0.39, 0.29) is 16.3 Å². The van der Waals surface area contributed by atoms with Crippen LogP contribution in [0.2, 0.25) is 5.02 Å². The van der Waals surface area contributed by atoms with Crippen LogP contribution in [0.15, 0.2) is 36.4 Å². The lowest BCUT2D eigenvalue weighted by Gasteiger charge is -2.10. The summed E-state index contributed by atoms with van der Waals surface area (Å²) >= 11 is 17.9. The molecule has 1 aliphatic carbocycles. The number of hydrogen-bond acceptors (Lipinski definition) is 3. The fourth-order valence-corrected chi connectivity index (χ4v) is 3.99. The maximum absolute atomic E-state index is 13.5. The summed E-state index contributed by atoms with van der Waals surface area (Å²) in [6.07, 6.45) is -4.93. The minimum Gasteiger partial charge on any atom is -0.325 e. The van der Waals surface area contributed by atoms with Gasteiger partial charge in [-0.2, -0.15) is 13.2 Å². The first-order valence-corrected chi connectivity index (χ1v) is 8.96. The smallest absolute Gasteiger partial charge is 0.325 e. The Balaban J connectivity index is 1.85. The summed E-state index contributed by atoms with van der Waals surface area (Å²) < 4.78 is 50.6. The number of nitrogens with zero attached hydrogens (tertiary/aromatic N) is 1. The minimum atomic E-state index is -4.93. The summed E-state index contributed by atoms with van der Waals surface area (Å²) in [7, 11) is 0. The molecule has 1 aliphatic rings. The van der Waals surface area contributed by atoms with Crippen molar-refractivity contribution in [2.24, 2.45) is 5.92 Å². The Morgan fingerprint density at radius 3 is 2.41 bits per heavy atom. The van der Waals surface area contributed by atoms with E-state index in [9.17, 15) is 32.5 Å². The van der Waals surface area contributed by atoms with Gasteiger partial charge in [0.2, 0.25) is 5.91 Å². The maximum atomic E-state index is 13.5. The standard InChI is InChI=1S/C17H9Cl3F4N2O3/c18-10-3-2-8(6-12(10)26(28)29)25-15(27)14-13(16(14,19)20)7-1-4-11(21)9(5-7)17(22,23)24/h1-6,13-14H,(H,25,27). The Bertz CT molecular complexity index is 1010. The van der Waals surface area contributed by atoms with Crippen LogP contribution in [-0.4, -0.2) is 15.2 Å². The highest BCUT2D eigenvalue weighted by atomic mass is 35.5. The Kier molecular flexibility index (Phi) is 5.44. The third kappa shape index (κ3) is 4.12. The largest absolute Gasteiger partial charge is 0.419 e. The number of nitrogens with one attached hydrogen (secondary N) is 1. The van der Waals surface area contributed by atoms with Crippen molar-refractivity contribution in [3.63, 3.8) is 0 Å². The van der Waals surface area contributed by atoms with Gasteiger partial charge in [0.1, 0.15) is 15.2 Å². The van der Waals surface area contributed by atoms with Crippen LogP contribution < -0.4 is 5.32 Å². The van der Waals surface area contributed by atoms with Crippen LogP contribution >= 0.6 is 34.8 Å². The van der Waals surface area contributed by atoms with Gasteiger partial charge in [0.25, 0.3) is 5.69 Å². The number of anilines is 1. The lowest BCUT2D eigenvalue weighted by molar-refractivity contribution is -0.384. The van der Waals surface area contributed by atoms with E-state index in [4.69, 9.17) is 34.8 Å². The lowest BCUT2D eigenvalue weighted by atomic mass is 10.0. The molecule has 0 bridgehead atoms. The summed E-state index contributed by atoms with van der Waals surface area (Å²) in [4.78, 5) is 22.7. The van der Waals surface area contributed by atoms with E-state index < -0.39 is 50.2 Å². The van der Waals surface area contributed by atoms with Crippen molar-refractivity contribution in [1.29, 1.82) is 0 Å². The first-order valence-electron chi connectivity index (χ1n) is 7.83. The predicted octanol–water partition coefficient (Wildman–Crippen LogP) is 5.93. The van der Waals surface area contributed by atoms with Gasteiger partial charge in [0.05, 0.1) is 16.4 Å². The number of halogens is 7. The van der Waals surface area contributed by atoms with Crippen LogP contribution in [0.1, 0.15) is 17.0 Å². The SMILES string of the molecule is O=C(Nc1ccc(Cl)c([N+](=O)[O-])c1)C1C(c2ccc(F)c(C(F)(F)F)c2)C1(Cl)Cl. The van der Waals surface area contributed by atoms with Gasteiger partial charge in [0, 0.05) is 17.7 Å². The number of rotatable bonds is 4. The van der Waals surface area contributed by atoms with E-state index in [0.717, 1.165) is 12.1 Å². The highest BCUT2D eigenvalue weighted by Crippen LogP contribution is 2.65. The van der Waals surface area contributed by atoms with Crippen LogP contribution in [0, 0.1) is 21.8 Å². The Hall–Kier alpha value is -2.10. The monoisotopic (exact) mass is 470 g/mol. The van der Waals surface area contributed by atoms with Crippen LogP contribution in [0.5, 0.6) is 0 Å². The number of amides is 1. The van der Waals surface area contributed by atoms with Crippen molar-refractivity contribution in [2.45, 2.75) is 16.4 Å². The molecular formula is C17H9Cl3F4N2O3. The summed E-state index contributed by atoms with van der Waals surface area (Å²) in [5.74, 6) is -4.43. The Labute approximate surface area is 175 Å². The van der Waals surface area contributed by atoms with Gasteiger partial charge in [-0.3, -0.25) is 14.9 Å². The number of alkyl halides is 5. The number of nitro groups is 1. The van der Waals surface area contributed by atoms with Crippen LogP contribution in [0.25, 0.3) is 0 Å².